The van der Waals surface area contributed by atoms with Crippen LogP contribution in [0, 0.1) is 11.3 Å². The van der Waals surface area contributed by atoms with Gasteiger partial charge in [-0.1, -0.05) is 17.8 Å². The lowest BCUT2D eigenvalue weighted by Crippen LogP contribution is -2.33. The van der Waals surface area contributed by atoms with Gasteiger partial charge in [0.05, 0.1) is 5.56 Å². The number of aliphatic imine (C=N–C) groups is 1. The largest absolute Gasteiger partial charge is 0.444 e. The van der Waals surface area contributed by atoms with Gasteiger partial charge < -0.3 is 15.0 Å². The Bertz CT molecular complexity index is 873. The Balaban J connectivity index is 1.55. The van der Waals surface area contributed by atoms with Gasteiger partial charge in [0.15, 0.2) is 11.3 Å². The first-order chi connectivity index (χ1) is 14.0. The smallest absolute Gasteiger partial charge is 0.339 e. The number of amidine groups is 1. The van der Waals surface area contributed by atoms with Crippen LogP contribution >= 0.6 is 11.8 Å². The summed E-state index contributed by atoms with van der Waals surface area (Å²) in [5, 5.41) is 11.6. The number of likely N-dealkylation sites (tertiary alicyclic amines) is 1. The molecule has 0 bridgehead atoms. The van der Waals surface area contributed by atoms with Crippen molar-refractivity contribution >= 4 is 40.4 Å². The molecular formula is C20H22N4O4S. The van der Waals surface area contributed by atoms with Gasteiger partial charge in [0.1, 0.15) is 11.3 Å². The van der Waals surface area contributed by atoms with Crippen LogP contribution in [0.1, 0.15) is 43.0 Å². The zero-order valence-corrected chi connectivity index (χ0v) is 16.9. The predicted octanol–water partition coefficient (Wildman–Crippen LogP) is 2.57. The van der Waals surface area contributed by atoms with Crippen molar-refractivity contribution in [3.63, 3.8) is 0 Å². The van der Waals surface area contributed by atoms with E-state index < -0.39 is 17.3 Å². The molecule has 2 aliphatic heterocycles. The molecule has 0 aromatic heterocycles. The first-order valence-electron chi connectivity index (χ1n) is 9.51. The quantitative estimate of drug-likeness (QED) is 0.737. The summed E-state index contributed by atoms with van der Waals surface area (Å²) in [6.45, 7) is 3.26. The van der Waals surface area contributed by atoms with Gasteiger partial charge in [-0.2, -0.15) is 10.3 Å². The fourth-order valence-electron chi connectivity index (χ4n) is 3.09. The van der Waals surface area contributed by atoms with E-state index in [1.165, 1.54) is 37.2 Å². The van der Waals surface area contributed by atoms with E-state index in [2.05, 4.69) is 15.2 Å². The molecule has 3 rings (SSSR count). The Morgan fingerprint density at radius 3 is 2.86 bits per heavy atom. The van der Waals surface area contributed by atoms with E-state index in [-0.39, 0.29) is 23.8 Å². The van der Waals surface area contributed by atoms with E-state index in [9.17, 15) is 14.4 Å². The highest BCUT2D eigenvalue weighted by atomic mass is 32.2. The van der Waals surface area contributed by atoms with Gasteiger partial charge in [-0.3, -0.25) is 9.59 Å². The number of nitrogens with zero attached hydrogens (tertiary/aromatic N) is 3. The van der Waals surface area contributed by atoms with Gasteiger partial charge >= 0.3 is 5.97 Å². The lowest BCUT2D eigenvalue weighted by atomic mass is 10.1. The third-order valence-electron chi connectivity index (χ3n) is 4.57. The molecule has 152 valence electrons. The molecule has 2 heterocycles. The van der Waals surface area contributed by atoms with E-state index in [1.54, 1.807) is 12.1 Å². The highest BCUT2D eigenvalue weighted by molar-refractivity contribution is 8.15. The lowest BCUT2D eigenvalue weighted by Gasteiger charge is -2.27. The number of anilines is 1. The van der Waals surface area contributed by atoms with Crippen molar-refractivity contribution in [3.8, 4) is 6.07 Å². The monoisotopic (exact) mass is 414 g/mol. The number of nitrogens with one attached hydrogen (secondary N) is 1. The third-order valence-corrected chi connectivity index (χ3v) is 5.79. The number of hydrogen-bond acceptors (Lipinski definition) is 7. The maximum atomic E-state index is 12.4. The van der Waals surface area contributed by atoms with Gasteiger partial charge in [0, 0.05) is 25.2 Å². The van der Waals surface area contributed by atoms with Crippen molar-refractivity contribution in [1.82, 2.24) is 4.90 Å². The Hall–Kier alpha value is -2.86. The number of piperidine rings is 1. The molecule has 1 aromatic rings. The van der Waals surface area contributed by atoms with Crippen molar-refractivity contribution in [1.29, 1.82) is 5.26 Å². The molecule has 0 spiro atoms. The summed E-state index contributed by atoms with van der Waals surface area (Å²) in [6.07, 6.45) is 2.51. The molecule has 0 aliphatic carbocycles. The molecule has 29 heavy (non-hydrogen) atoms. The van der Waals surface area contributed by atoms with Gasteiger partial charge in [-0.25, -0.2) is 4.79 Å². The Morgan fingerprint density at radius 1 is 1.38 bits per heavy atom. The molecule has 1 N–H and O–H groups in total. The third kappa shape index (κ3) is 5.57. The summed E-state index contributed by atoms with van der Waals surface area (Å²) in [4.78, 5) is 42.8. The van der Waals surface area contributed by atoms with Crippen LogP contribution in [0.3, 0.4) is 0 Å². The number of ether oxygens (including phenoxy) is 1. The molecule has 0 unspecified atom stereocenters. The number of benzene rings is 1. The summed E-state index contributed by atoms with van der Waals surface area (Å²) in [5.74, 6) is -1.26. The molecule has 0 saturated carbocycles. The molecule has 0 radical (unpaired) electrons. The number of nitriles is 1. The maximum Gasteiger partial charge on any atom is 0.339 e. The fourth-order valence-corrected chi connectivity index (χ4v) is 4.21. The fraction of sp³-hybridized carbons (Fsp3) is 0.450. The molecular weight excluding hydrogens is 392 g/mol. The minimum atomic E-state index is -0.861. The second kappa shape index (κ2) is 9.56. The molecule has 2 aliphatic rings. The van der Waals surface area contributed by atoms with Crippen LogP contribution in [0.5, 0.6) is 0 Å². The topological polar surface area (TPSA) is 112 Å². The van der Waals surface area contributed by atoms with Crippen molar-refractivity contribution in [3.05, 3.63) is 29.8 Å². The number of carbonyl (C=O) groups excluding carboxylic acids is 3. The van der Waals surface area contributed by atoms with E-state index in [1.807, 2.05) is 6.07 Å². The average Bonchev–Trinajstić information content (AvgIpc) is 3.08. The average molecular weight is 414 g/mol. The molecule has 9 heteroatoms. The van der Waals surface area contributed by atoms with E-state index in [0.29, 0.717) is 10.9 Å². The van der Waals surface area contributed by atoms with Crippen molar-refractivity contribution in [2.24, 2.45) is 4.99 Å². The van der Waals surface area contributed by atoms with Crippen molar-refractivity contribution in [2.45, 2.75) is 44.0 Å². The normalized spacial score (nSPS) is 19.9. The Labute approximate surface area is 173 Å². The van der Waals surface area contributed by atoms with Crippen molar-refractivity contribution < 1.29 is 19.1 Å². The minimum Gasteiger partial charge on any atom is -0.444 e. The summed E-state index contributed by atoms with van der Waals surface area (Å²) >= 11 is 1.34. The van der Waals surface area contributed by atoms with Crippen LogP contribution in [0.2, 0.25) is 0 Å². The number of thioether (sulfide) groups is 1. The van der Waals surface area contributed by atoms with Crippen LogP contribution in [0.4, 0.5) is 5.69 Å². The highest BCUT2D eigenvalue weighted by Crippen LogP contribution is 2.29. The van der Waals surface area contributed by atoms with E-state index >= 15 is 0 Å². The van der Waals surface area contributed by atoms with Gasteiger partial charge in [-0.05, 0) is 44.4 Å². The first kappa shape index (κ1) is 20.9. The van der Waals surface area contributed by atoms with Gasteiger partial charge in [0.25, 0.3) is 5.91 Å². The van der Waals surface area contributed by atoms with E-state index in [0.717, 1.165) is 25.9 Å². The zero-order chi connectivity index (χ0) is 20.8. The summed E-state index contributed by atoms with van der Waals surface area (Å²) in [5.41, 5.74) is 0.647. The first-order valence-corrected chi connectivity index (χ1v) is 10.4. The molecule has 1 saturated heterocycles. The Morgan fingerprint density at radius 2 is 2.14 bits per heavy atom. The molecule has 1 fully saturated rings. The molecule has 2 amide bonds. The number of carbonyl (C=O) groups is 3. The molecule has 2 atom stereocenters. The number of amides is 2. The minimum absolute atomic E-state index is 0.00444. The SMILES string of the molecule is C[C@@H](C#N)OC(=O)c1cccc(NC(=O)C[C@H]2SC(N3CCCCC3)=NC2=O)c1. The van der Waals surface area contributed by atoms with Gasteiger partial charge in [0.2, 0.25) is 5.91 Å². The van der Waals surface area contributed by atoms with Crippen LogP contribution in [0.15, 0.2) is 29.3 Å². The standard InChI is InChI=1S/C20H22N4O4S/c1-13(12-21)28-19(27)14-6-5-7-15(10-14)22-17(25)11-16-18(26)23-20(29-16)24-8-3-2-4-9-24/h5-7,10,13,16H,2-4,8-9,11H2,1H3,(H,22,25)/t13-,16+/m0/s1. The summed E-state index contributed by atoms with van der Waals surface area (Å²) in [6, 6.07) is 8.09. The highest BCUT2D eigenvalue weighted by Gasteiger charge is 2.33. The van der Waals surface area contributed by atoms with Crippen LogP contribution in [0.25, 0.3) is 0 Å². The number of rotatable bonds is 5. The number of hydrogen-bond donors (Lipinski definition) is 1. The molecule has 1 aromatic carbocycles. The lowest BCUT2D eigenvalue weighted by molar-refractivity contribution is -0.121. The van der Waals surface area contributed by atoms with E-state index in [4.69, 9.17) is 10.00 Å². The van der Waals surface area contributed by atoms with Crippen molar-refractivity contribution in [2.75, 3.05) is 18.4 Å². The zero-order valence-electron chi connectivity index (χ0n) is 16.1. The Kier molecular flexibility index (Phi) is 6.88. The van der Waals surface area contributed by atoms with Crippen LogP contribution < -0.4 is 5.32 Å². The van der Waals surface area contributed by atoms with Crippen LogP contribution in [-0.4, -0.2) is 52.3 Å². The second-order valence-electron chi connectivity index (χ2n) is 6.90. The second-order valence-corrected chi connectivity index (χ2v) is 8.07. The predicted molar refractivity (Wildman–Crippen MR) is 109 cm³/mol. The molecule has 8 nitrogen and oxygen atoms in total. The number of esters is 1. The van der Waals surface area contributed by atoms with Gasteiger partial charge in [-0.15, -0.1) is 0 Å². The summed E-state index contributed by atoms with van der Waals surface area (Å²) in [7, 11) is 0. The summed E-state index contributed by atoms with van der Waals surface area (Å²) < 4.78 is 4.96. The maximum absolute atomic E-state index is 12.4. The van der Waals surface area contributed by atoms with Crippen LogP contribution in [-0.2, 0) is 14.3 Å².